The second kappa shape index (κ2) is 6.09. The summed E-state index contributed by atoms with van der Waals surface area (Å²) in [5.41, 5.74) is -1.28. The van der Waals surface area contributed by atoms with E-state index in [1.165, 1.54) is 6.20 Å². The van der Waals surface area contributed by atoms with Crippen LogP contribution >= 0.6 is 15.9 Å². The van der Waals surface area contributed by atoms with E-state index in [0.29, 0.717) is 10.0 Å². The van der Waals surface area contributed by atoms with Crippen molar-refractivity contribution in [2.24, 2.45) is 10.9 Å². The third kappa shape index (κ3) is 3.53. The highest BCUT2D eigenvalue weighted by atomic mass is 79.9. The van der Waals surface area contributed by atoms with E-state index in [4.69, 9.17) is 9.47 Å². The number of carbonyl (C=O) groups excluding carboxylic acids is 1. The minimum Gasteiger partial charge on any atom is -0.457 e. The van der Waals surface area contributed by atoms with E-state index in [0.717, 1.165) is 0 Å². The first-order valence-corrected chi connectivity index (χ1v) is 8.64. The van der Waals surface area contributed by atoms with Crippen molar-refractivity contribution in [3.63, 3.8) is 0 Å². The molecule has 3 unspecified atom stereocenters. The van der Waals surface area contributed by atoms with Crippen LogP contribution in [0.5, 0.6) is 0 Å². The van der Waals surface area contributed by atoms with E-state index in [1.54, 1.807) is 33.8 Å². The number of aliphatic imine (C=N–C) groups is 1. The summed E-state index contributed by atoms with van der Waals surface area (Å²) in [4.78, 5) is 20.2. The smallest absolute Gasteiger partial charge is 0.415 e. The highest BCUT2D eigenvalue weighted by Gasteiger charge is 2.49. The molecule has 134 valence electrons. The molecule has 1 aliphatic carbocycles. The third-order valence-electron chi connectivity index (χ3n) is 4.05. The number of aromatic nitrogens is 1. The fourth-order valence-corrected chi connectivity index (χ4v) is 3.17. The average molecular weight is 412 g/mol. The fraction of sp³-hybridized carbons (Fsp3) is 0.471. The molecule has 2 aliphatic rings. The van der Waals surface area contributed by atoms with Gasteiger partial charge in [-0.05, 0) is 55.8 Å². The molecule has 1 N–H and O–H groups in total. The molecule has 2 heterocycles. The van der Waals surface area contributed by atoms with Crippen molar-refractivity contribution in [2.75, 3.05) is 0 Å². The van der Waals surface area contributed by atoms with Gasteiger partial charge in [-0.25, -0.2) is 20.1 Å². The largest absolute Gasteiger partial charge is 0.457 e. The number of ether oxygens (including phenoxy) is 2. The Hall–Kier alpha value is -1.96. The Morgan fingerprint density at radius 2 is 2.16 bits per heavy atom. The van der Waals surface area contributed by atoms with Crippen LogP contribution in [0.25, 0.3) is 0 Å². The van der Waals surface area contributed by atoms with E-state index >= 15 is 0 Å². The molecule has 0 spiro atoms. The summed E-state index contributed by atoms with van der Waals surface area (Å²) in [5, 5.41) is 2.50. The van der Waals surface area contributed by atoms with Crippen molar-refractivity contribution in [1.29, 1.82) is 0 Å². The SMILES string of the molecule is CC(C)(C)OC(=O)NC1=NC(C)(c2cc(Br)cnc2F)C2C=CC2O1. The summed E-state index contributed by atoms with van der Waals surface area (Å²) in [7, 11) is 0. The van der Waals surface area contributed by atoms with Gasteiger partial charge in [0.25, 0.3) is 6.02 Å². The number of hydrogen-bond donors (Lipinski definition) is 1. The third-order valence-corrected chi connectivity index (χ3v) is 4.49. The van der Waals surface area contributed by atoms with Crippen LogP contribution in [-0.4, -0.2) is 28.8 Å². The molecule has 0 fully saturated rings. The van der Waals surface area contributed by atoms with E-state index in [9.17, 15) is 9.18 Å². The van der Waals surface area contributed by atoms with Gasteiger partial charge in [0.05, 0.1) is 0 Å². The average Bonchev–Trinajstić information content (AvgIpc) is 2.42. The summed E-state index contributed by atoms with van der Waals surface area (Å²) >= 11 is 3.31. The standard InChI is InChI=1S/C17H19BrFN3O3/c1-16(2,3)25-15(23)21-14-22-17(4,10-5-6-12(10)24-14)11-7-9(18)8-20-13(11)19/h5-8,10,12H,1-4H3,(H,21,22,23). The van der Waals surface area contributed by atoms with Gasteiger partial charge in [-0.15, -0.1) is 0 Å². The van der Waals surface area contributed by atoms with Gasteiger partial charge in [0.1, 0.15) is 17.2 Å². The maximum absolute atomic E-state index is 14.4. The number of amides is 1. The molecule has 0 aromatic carbocycles. The lowest BCUT2D eigenvalue weighted by atomic mass is 9.71. The fourth-order valence-electron chi connectivity index (χ4n) is 2.84. The topological polar surface area (TPSA) is 72.8 Å². The van der Waals surface area contributed by atoms with Gasteiger partial charge in [0.15, 0.2) is 0 Å². The number of carbonyl (C=O) groups is 1. The predicted octanol–water partition coefficient (Wildman–Crippen LogP) is 3.66. The lowest BCUT2D eigenvalue weighted by Gasteiger charge is -2.45. The monoisotopic (exact) mass is 411 g/mol. The second-order valence-corrected chi connectivity index (χ2v) is 8.09. The highest BCUT2D eigenvalue weighted by Crippen LogP contribution is 2.45. The van der Waals surface area contributed by atoms with Crippen molar-refractivity contribution in [3.8, 4) is 0 Å². The van der Waals surface area contributed by atoms with Crippen LogP contribution in [0, 0.1) is 11.9 Å². The van der Waals surface area contributed by atoms with Crippen LogP contribution < -0.4 is 5.32 Å². The first kappa shape index (κ1) is 17.8. The van der Waals surface area contributed by atoms with Crippen LogP contribution in [0.15, 0.2) is 33.9 Å². The molecule has 0 radical (unpaired) electrons. The Morgan fingerprint density at radius 3 is 2.76 bits per heavy atom. The number of hydrogen-bond acceptors (Lipinski definition) is 5. The minimum absolute atomic E-state index is 0.00160. The molecule has 1 amide bonds. The lowest BCUT2D eigenvalue weighted by molar-refractivity contribution is 0.0486. The number of pyridine rings is 1. The molecule has 8 heteroatoms. The normalized spacial score (nSPS) is 27.5. The Balaban J connectivity index is 1.93. The number of rotatable bonds is 1. The molecule has 0 bridgehead atoms. The summed E-state index contributed by atoms with van der Waals surface area (Å²) in [5.74, 6) is -0.755. The zero-order valence-electron chi connectivity index (χ0n) is 14.3. The molecule has 1 aromatic rings. The van der Waals surface area contributed by atoms with Crippen molar-refractivity contribution in [2.45, 2.75) is 44.9 Å². The number of halogens is 2. The van der Waals surface area contributed by atoms with Gasteiger partial charge in [0.2, 0.25) is 5.95 Å². The number of amidine groups is 1. The predicted molar refractivity (Wildman–Crippen MR) is 93.6 cm³/mol. The van der Waals surface area contributed by atoms with Crippen LogP contribution in [-0.2, 0) is 15.0 Å². The molecule has 1 aliphatic heterocycles. The number of fused-ring (bicyclic) bond motifs is 1. The molecule has 0 saturated carbocycles. The van der Waals surface area contributed by atoms with Crippen molar-refractivity contribution >= 4 is 28.0 Å². The molecule has 3 rings (SSSR count). The van der Waals surface area contributed by atoms with E-state index in [1.807, 2.05) is 12.2 Å². The Kier molecular flexibility index (Phi) is 4.35. The van der Waals surface area contributed by atoms with Gasteiger partial charge < -0.3 is 9.47 Å². The maximum Gasteiger partial charge on any atom is 0.415 e. The minimum atomic E-state index is -0.955. The van der Waals surface area contributed by atoms with Crippen molar-refractivity contribution < 1.29 is 18.7 Å². The summed E-state index contributed by atoms with van der Waals surface area (Å²) < 4.78 is 25.9. The van der Waals surface area contributed by atoms with Crippen LogP contribution in [0.4, 0.5) is 9.18 Å². The van der Waals surface area contributed by atoms with Gasteiger partial charge in [-0.2, -0.15) is 4.39 Å². The number of nitrogens with one attached hydrogen (secondary N) is 1. The molecule has 25 heavy (non-hydrogen) atoms. The van der Waals surface area contributed by atoms with Gasteiger partial charge in [-0.1, -0.05) is 6.08 Å². The van der Waals surface area contributed by atoms with Gasteiger partial charge in [0, 0.05) is 22.2 Å². The van der Waals surface area contributed by atoms with Crippen molar-refractivity contribution in [1.82, 2.24) is 10.3 Å². The number of alkyl carbamates (subject to hydrolysis) is 1. The van der Waals surface area contributed by atoms with Crippen LogP contribution in [0.3, 0.4) is 0 Å². The molecule has 0 saturated heterocycles. The zero-order valence-corrected chi connectivity index (χ0v) is 15.9. The Bertz CT molecular complexity index is 775. The molecule has 1 aromatic heterocycles. The Morgan fingerprint density at radius 1 is 1.44 bits per heavy atom. The lowest BCUT2D eigenvalue weighted by Crippen LogP contribution is -2.52. The second-order valence-electron chi connectivity index (χ2n) is 7.18. The summed E-state index contributed by atoms with van der Waals surface area (Å²) in [6.07, 6.45) is 4.17. The van der Waals surface area contributed by atoms with Gasteiger partial charge >= 0.3 is 6.09 Å². The van der Waals surface area contributed by atoms with E-state index in [2.05, 4.69) is 31.2 Å². The van der Waals surface area contributed by atoms with Crippen LogP contribution in [0.2, 0.25) is 0 Å². The first-order valence-electron chi connectivity index (χ1n) is 7.85. The van der Waals surface area contributed by atoms with E-state index in [-0.39, 0.29) is 18.0 Å². The Labute approximate surface area is 153 Å². The zero-order chi connectivity index (χ0) is 18.4. The summed E-state index contributed by atoms with van der Waals surface area (Å²) in [6.45, 7) is 7.06. The first-order chi connectivity index (χ1) is 11.6. The molecule has 3 atom stereocenters. The van der Waals surface area contributed by atoms with E-state index < -0.39 is 23.2 Å². The highest BCUT2D eigenvalue weighted by molar-refractivity contribution is 9.10. The maximum atomic E-state index is 14.4. The van der Waals surface area contributed by atoms with Crippen LogP contribution in [0.1, 0.15) is 33.3 Å². The quantitative estimate of drug-likeness (QED) is 0.565. The van der Waals surface area contributed by atoms with Gasteiger partial charge in [-0.3, -0.25) is 0 Å². The molecular weight excluding hydrogens is 393 g/mol. The molecule has 6 nitrogen and oxygen atoms in total. The summed E-state index contributed by atoms with van der Waals surface area (Å²) in [6, 6.07) is 1.65. The molecular formula is C17H19BrFN3O3. The van der Waals surface area contributed by atoms with Crippen molar-refractivity contribution in [3.05, 3.63) is 40.4 Å². The number of nitrogens with zero attached hydrogens (tertiary/aromatic N) is 2.